The summed E-state index contributed by atoms with van der Waals surface area (Å²) in [5, 5.41) is 6.94. The average molecular weight is 361 g/mol. The monoisotopic (exact) mass is 360 g/mol. The molecule has 0 aromatic heterocycles. The first-order chi connectivity index (χ1) is 12.7. The van der Waals surface area contributed by atoms with Gasteiger partial charge in [0, 0.05) is 45.4 Å². The average Bonchev–Trinajstić information content (AvgIpc) is 2.66. The van der Waals surface area contributed by atoms with E-state index in [0.29, 0.717) is 12.1 Å². The summed E-state index contributed by atoms with van der Waals surface area (Å²) in [5.41, 5.74) is 1.39. The second kappa shape index (κ2) is 11.9. The molecular weight excluding hydrogens is 324 g/mol. The Bertz CT molecular complexity index is 520. The lowest BCUT2D eigenvalue weighted by Crippen LogP contribution is -2.51. The maximum Gasteiger partial charge on any atom is 0.191 e. The molecule has 1 aliphatic rings. The number of hydrogen-bond acceptors (Lipinski definition) is 3. The summed E-state index contributed by atoms with van der Waals surface area (Å²) in [5.74, 6) is 0.887. The smallest absolute Gasteiger partial charge is 0.191 e. The van der Waals surface area contributed by atoms with Crippen LogP contribution in [0.5, 0.6) is 0 Å². The van der Waals surface area contributed by atoms with Gasteiger partial charge in [-0.1, -0.05) is 43.7 Å². The lowest BCUT2D eigenvalue weighted by Gasteiger charge is -2.38. The number of unbranched alkanes of at least 4 members (excludes halogenated alkanes) is 1. The molecule has 2 rings (SSSR count). The molecular formula is C21H36N4O. The highest BCUT2D eigenvalue weighted by Crippen LogP contribution is 2.19. The number of hydrogen-bond donors (Lipinski definition) is 2. The van der Waals surface area contributed by atoms with Crippen molar-refractivity contribution in [3.8, 4) is 0 Å². The third kappa shape index (κ3) is 7.34. The second-order valence-corrected chi connectivity index (χ2v) is 7.14. The van der Waals surface area contributed by atoms with Crippen LogP contribution in [0.4, 0.5) is 0 Å². The van der Waals surface area contributed by atoms with E-state index in [-0.39, 0.29) is 0 Å². The van der Waals surface area contributed by atoms with Gasteiger partial charge >= 0.3 is 0 Å². The Morgan fingerprint density at radius 1 is 1.27 bits per heavy atom. The SMILES string of the molecule is CCCCOCCNC(=NC)NC1CCN(Cc2ccccc2)C(C)C1. The van der Waals surface area contributed by atoms with Crippen molar-refractivity contribution < 1.29 is 4.74 Å². The number of nitrogens with zero attached hydrogens (tertiary/aromatic N) is 2. The first-order valence-electron chi connectivity index (χ1n) is 10.1. The number of ether oxygens (including phenoxy) is 1. The Morgan fingerprint density at radius 2 is 2.08 bits per heavy atom. The van der Waals surface area contributed by atoms with Crippen molar-refractivity contribution in [2.45, 2.75) is 58.2 Å². The summed E-state index contributed by atoms with van der Waals surface area (Å²) in [6, 6.07) is 11.8. The molecule has 0 spiro atoms. The molecule has 146 valence electrons. The molecule has 5 nitrogen and oxygen atoms in total. The van der Waals surface area contributed by atoms with Crippen molar-refractivity contribution in [1.82, 2.24) is 15.5 Å². The third-order valence-corrected chi connectivity index (χ3v) is 4.99. The quantitative estimate of drug-likeness (QED) is 0.404. The van der Waals surface area contributed by atoms with E-state index in [9.17, 15) is 0 Å². The summed E-state index contributed by atoms with van der Waals surface area (Å²) in [7, 11) is 1.83. The van der Waals surface area contributed by atoms with Gasteiger partial charge in [0.15, 0.2) is 5.96 Å². The maximum atomic E-state index is 5.59. The van der Waals surface area contributed by atoms with E-state index < -0.39 is 0 Å². The summed E-state index contributed by atoms with van der Waals surface area (Å²) in [4.78, 5) is 6.93. The lowest BCUT2D eigenvalue weighted by atomic mass is 9.97. The summed E-state index contributed by atoms with van der Waals surface area (Å²) in [6.07, 6.45) is 4.59. The van der Waals surface area contributed by atoms with Crippen molar-refractivity contribution in [3.05, 3.63) is 35.9 Å². The number of piperidine rings is 1. The molecule has 2 unspecified atom stereocenters. The zero-order chi connectivity index (χ0) is 18.6. The molecule has 1 aromatic rings. The molecule has 0 amide bonds. The minimum absolute atomic E-state index is 0.476. The fourth-order valence-corrected chi connectivity index (χ4v) is 3.38. The zero-order valence-electron chi connectivity index (χ0n) is 16.7. The van der Waals surface area contributed by atoms with Crippen LogP contribution in [0.1, 0.15) is 45.1 Å². The number of guanidine groups is 1. The minimum atomic E-state index is 0.476. The molecule has 1 aromatic carbocycles. The fourth-order valence-electron chi connectivity index (χ4n) is 3.38. The largest absolute Gasteiger partial charge is 0.380 e. The third-order valence-electron chi connectivity index (χ3n) is 4.99. The van der Waals surface area contributed by atoms with Crippen LogP contribution in [0.3, 0.4) is 0 Å². The van der Waals surface area contributed by atoms with Crippen LogP contribution < -0.4 is 10.6 Å². The minimum Gasteiger partial charge on any atom is -0.380 e. The predicted molar refractivity (Wildman–Crippen MR) is 110 cm³/mol. The van der Waals surface area contributed by atoms with E-state index >= 15 is 0 Å². The zero-order valence-corrected chi connectivity index (χ0v) is 16.7. The topological polar surface area (TPSA) is 48.9 Å². The van der Waals surface area contributed by atoms with Crippen LogP contribution in [-0.4, -0.2) is 56.3 Å². The Kier molecular flexibility index (Phi) is 9.50. The van der Waals surface area contributed by atoms with E-state index in [1.165, 1.54) is 12.0 Å². The Balaban J connectivity index is 1.68. The number of likely N-dealkylation sites (tertiary alicyclic amines) is 1. The van der Waals surface area contributed by atoms with E-state index in [4.69, 9.17) is 4.74 Å². The maximum absolute atomic E-state index is 5.59. The van der Waals surface area contributed by atoms with Gasteiger partial charge in [0.2, 0.25) is 0 Å². The van der Waals surface area contributed by atoms with E-state index in [1.54, 1.807) is 0 Å². The van der Waals surface area contributed by atoms with Gasteiger partial charge < -0.3 is 15.4 Å². The van der Waals surface area contributed by atoms with Crippen molar-refractivity contribution in [1.29, 1.82) is 0 Å². The summed E-state index contributed by atoms with van der Waals surface area (Å²) < 4.78 is 5.59. The number of benzene rings is 1. The summed E-state index contributed by atoms with van der Waals surface area (Å²) >= 11 is 0. The molecule has 0 radical (unpaired) electrons. The predicted octanol–water partition coefficient (Wildman–Crippen LogP) is 3.02. The Hall–Kier alpha value is -1.59. The van der Waals surface area contributed by atoms with Crippen LogP contribution in [0.15, 0.2) is 35.3 Å². The highest BCUT2D eigenvalue weighted by molar-refractivity contribution is 5.79. The van der Waals surface area contributed by atoms with Crippen LogP contribution in [0.25, 0.3) is 0 Å². The first-order valence-corrected chi connectivity index (χ1v) is 10.1. The highest BCUT2D eigenvalue weighted by atomic mass is 16.5. The van der Waals surface area contributed by atoms with Gasteiger partial charge in [-0.2, -0.15) is 0 Å². The van der Waals surface area contributed by atoms with E-state index in [0.717, 1.165) is 58.1 Å². The van der Waals surface area contributed by atoms with Crippen molar-refractivity contribution >= 4 is 5.96 Å². The van der Waals surface area contributed by atoms with Crippen LogP contribution in [-0.2, 0) is 11.3 Å². The van der Waals surface area contributed by atoms with Crippen LogP contribution in [0, 0.1) is 0 Å². The van der Waals surface area contributed by atoms with E-state index in [2.05, 4.69) is 64.7 Å². The van der Waals surface area contributed by atoms with Crippen LogP contribution >= 0.6 is 0 Å². The van der Waals surface area contributed by atoms with Gasteiger partial charge in [0.05, 0.1) is 6.61 Å². The molecule has 0 saturated carbocycles. The Labute approximate surface area is 159 Å². The van der Waals surface area contributed by atoms with Crippen molar-refractivity contribution in [2.24, 2.45) is 4.99 Å². The van der Waals surface area contributed by atoms with Gasteiger partial charge in [-0.25, -0.2) is 0 Å². The van der Waals surface area contributed by atoms with Gasteiger partial charge in [-0.3, -0.25) is 9.89 Å². The molecule has 0 bridgehead atoms. The van der Waals surface area contributed by atoms with Gasteiger partial charge in [0.25, 0.3) is 0 Å². The number of nitrogens with one attached hydrogen (secondary N) is 2. The van der Waals surface area contributed by atoms with E-state index in [1.807, 2.05) is 7.05 Å². The van der Waals surface area contributed by atoms with Gasteiger partial charge in [-0.05, 0) is 31.7 Å². The van der Waals surface area contributed by atoms with Gasteiger partial charge in [-0.15, -0.1) is 0 Å². The Morgan fingerprint density at radius 3 is 2.77 bits per heavy atom. The van der Waals surface area contributed by atoms with Crippen molar-refractivity contribution in [3.63, 3.8) is 0 Å². The number of rotatable bonds is 9. The molecule has 5 heteroatoms. The fraction of sp³-hybridized carbons (Fsp3) is 0.667. The molecule has 1 saturated heterocycles. The molecule has 0 aliphatic carbocycles. The summed E-state index contributed by atoms with van der Waals surface area (Å²) in [6.45, 7) is 9.04. The lowest BCUT2D eigenvalue weighted by molar-refractivity contribution is 0.132. The van der Waals surface area contributed by atoms with Crippen LogP contribution in [0.2, 0.25) is 0 Å². The standard InChI is InChI=1S/C21H36N4O/c1-4-5-14-26-15-12-23-21(22-3)24-20-11-13-25(18(2)16-20)17-19-9-7-6-8-10-19/h6-10,18,20H,4-5,11-17H2,1-3H3,(H2,22,23,24). The molecule has 1 aliphatic heterocycles. The highest BCUT2D eigenvalue weighted by Gasteiger charge is 2.25. The second-order valence-electron chi connectivity index (χ2n) is 7.14. The molecule has 2 atom stereocenters. The normalized spacial score (nSPS) is 21.6. The van der Waals surface area contributed by atoms with Crippen molar-refractivity contribution in [2.75, 3.05) is 33.4 Å². The molecule has 2 N–H and O–H groups in total. The molecule has 1 fully saturated rings. The van der Waals surface area contributed by atoms with Gasteiger partial charge in [0.1, 0.15) is 0 Å². The molecule has 26 heavy (non-hydrogen) atoms. The first kappa shape index (κ1) is 20.7. The molecule has 1 heterocycles. The number of aliphatic imine (C=N–C) groups is 1.